The molecule has 2 aromatic carbocycles. The van der Waals surface area contributed by atoms with Crippen LogP contribution < -0.4 is 10.6 Å². The van der Waals surface area contributed by atoms with Gasteiger partial charge < -0.3 is 15.6 Å². The Morgan fingerprint density at radius 3 is 2.42 bits per heavy atom. The third-order valence-corrected chi connectivity index (χ3v) is 4.57. The van der Waals surface area contributed by atoms with E-state index in [2.05, 4.69) is 76.2 Å². The third-order valence-electron chi connectivity index (χ3n) is 4.57. The van der Waals surface area contributed by atoms with Crippen LogP contribution in [0.2, 0.25) is 0 Å². The number of aromatic amines is 1. The second kappa shape index (κ2) is 7.31. The van der Waals surface area contributed by atoms with Crippen molar-refractivity contribution in [2.45, 2.75) is 13.3 Å². The van der Waals surface area contributed by atoms with E-state index in [0.29, 0.717) is 0 Å². The Kier molecular flexibility index (Phi) is 4.56. The summed E-state index contributed by atoms with van der Waals surface area (Å²) in [7, 11) is 0. The standard InChI is InChI=1S/C22H22N4/c1-16-3-2-4-21-22(16)17(15-25-21)9-14-24-18-5-7-19(8-6-18)26-20-10-12-23-13-11-20/h2-8,10-13,15,24-25H,9,14H2,1H3,(H,23,26). The molecule has 0 aliphatic heterocycles. The average molecular weight is 342 g/mol. The molecule has 3 N–H and O–H groups in total. The zero-order chi connectivity index (χ0) is 17.8. The van der Waals surface area contributed by atoms with Crippen molar-refractivity contribution >= 4 is 28.0 Å². The maximum Gasteiger partial charge on any atom is 0.0459 e. The number of hydrogen-bond donors (Lipinski definition) is 3. The Bertz CT molecular complexity index is 988. The van der Waals surface area contributed by atoms with Crippen molar-refractivity contribution in [3.05, 3.63) is 84.3 Å². The van der Waals surface area contributed by atoms with Crippen LogP contribution >= 0.6 is 0 Å². The molecule has 4 rings (SSSR count). The molecule has 0 aliphatic rings. The number of aryl methyl sites for hydroxylation is 1. The highest BCUT2D eigenvalue weighted by atomic mass is 14.9. The number of nitrogens with one attached hydrogen (secondary N) is 3. The summed E-state index contributed by atoms with van der Waals surface area (Å²) in [5.74, 6) is 0. The fraction of sp³-hybridized carbons (Fsp3) is 0.136. The van der Waals surface area contributed by atoms with E-state index in [1.54, 1.807) is 12.4 Å². The van der Waals surface area contributed by atoms with Crippen molar-refractivity contribution < 1.29 is 0 Å². The number of hydrogen-bond acceptors (Lipinski definition) is 3. The molecule has 0 aliphatic carbocycles. The minimum atomic E-state index is 0.901. The Morgan fingerprint density at radius 2 is 1.62 bits per heavy atom. The predicted molar refractivity (Wildman–Crippen MR) is 109 cm³/mol. The van der Waals surface area contributed by atoms with E-state index < -0.39 is 0 Å². The van der Waals surface area contributed by atoms with Gasteiger partial charge in [-0.15, -0.1) is 0 Å². The number of anilines is 3. The van der Waals surface area contributed by atoms with Gasteiger partial charge in [0.25, 0.3) is 0 Å². The van der Waals surface area contributed by atoms with Crippen LogP contribution in [0.1, 0.15) is 11.1 Å². The number of nitrogens with zero attached hydrogens (tertiary/aromatic N) is 1. The van der Waals surface area contributed by atoms with E-state index in [1.165, 1.54) is 22.0 Å². The first kappa shape index (κ1) is 16.2. The van der Waals surface area contributed by atoms with Crippen LogP contribution in [0.4, 0.5) is 17.1 Å². The summed E-state index contributed by atoms with van der Waals surface area (Å²) in [5.41, 5.74) is 7.13. The lowest BCUT2D eigenvalue weighted by atomic mass is 10.1. The number of pyridine rings is 1. The van der Waals surface area contributed by atoms with Gasteiger partial charge in [0.15, 0.2) is 0 Å². The largest absolute Gasteiger partial charge is 0.385 e. The van der Waals surface area contributed by atoms with Crippen LogP contribution in [-0.4, -0.2) is 16.5 Å². The molecule has 0 spiro atoms. The SMILES string of the molecule is Cc1cccc2[nH]cc(CCNc3ccc(Nc4ccncc4)cc3)c12. The lowest BCUT2D eigenvalue weighted by Crippen LogP contribution is -2.04. The first-order chi connectivity index (χ1) is 12.8. The van der Waals surface area contributed by atoms with Crippen molar-refractivity contribution in [3.63, 3.8) is 0 Å². The molecule has 0 saturated carbocycles. The summed E-state index contributed by atoms with van der Waals surface area (Å²) in [5, 5.41) is 8.22. The van der Waals surface area contributed by atoms with Gasteiger partial charge in [-0.05, 0) is 66.9 Å². The predicted octanol–water partition coefficient (Wildman–Crippen LogP) is 5.27. The molecule has 26 heavy (non-hydrogen) atoms. The van der Waals surface area contributed by atoms with Gasteiger partial charge in [0.05, 0.1) is 0 Å². The second-order valence-corrected chi connectivity index (χ2v) is 6.43. The smallest absolute Gasteiger partial charge is 0.0459 e. The van der Waals surface area contributed by atoms with Crippen LogP contribution in [0.25, 0.3) is 10.9 Å². The summed E-state index contributed by atoms with van der Waals surface area (Å²) in [6, 6.07) is 18.7. The second-order valence-electron chi connectivity index (χ2n) is 6.43. The molecule has 4 heteroatoms. The van der Waals surface area contributed by atoms with Gasteiger partial charge in [-0.1, -0.05) is 12.1 Å². The first-order valence-corrected chi connectivity index (χ1v) is 8.86. The minimum absolute atomic E-state index is 0.901. The fourth-order valence-electron chi connectivity index (χ4n) is 3.26. The van der Waals surface area contributed by atoms with Gasteiger partial charge >= 0.3 is 0 Å². The number of fused-ring (bicyclic) bond motifs is 1. The van der Waals surface area contributed by atoms with E-state index >= 15 is 0 Å². The lowest BCUT2D eigenvalue weighted by molar-refractivity contribution is 1.03. The van der Waals surface area contributed by atoms with E-state index in [0.717, 1.165) is 30.0 Å². The van der Waals surface area contributed by atoms with Crippen molar-refractivity contribution in [1.29, 1.82) is 0 Å². The van der Waals surface area contributed by atoms with Crippen molar-refractivity contribution in [1.82, 2.24) is 9.97 Å². The van der Waals surface area contributed by atoms with E-state index in [4.69, 9.17) is 0 Å². The molecule has 0 fully saturated rings. The highest BCUT2D eigenvalue weighted by molar-refractivity contribution is 5.86. The first-order valence-electron chi connectivity index (χ1n) is 8.86. The summed E-state index contributed by atoms with van der Waals surface area (Å²) in [4.78, 5) is 7.40. The summed E-state index contributed by atoms with van der Waals surface area (Å²) in [6.45, 7) is 3.07. The molecule has 130 valence electrons. The van der Waals surface area contributed by atoms with Crippen LogP contribution in [0, 0.1) is 6.92 Å². The Balaban J connectivity index is 1.36. The third kappa shape index (κ3) is 3.54. The zero-order valence-corrected chi connectivity index (χ0v) is 14.8. The highest BCUT2D eigenvalue weighted by Crippen LogP contribution is 2.23. The number of aromatic nitrogens is 2. The number of H-pyrrole nitrogens is 1. The summed E-state index contributed by atoms with van der Waals surface area (Å²) < 4.78 is 0. The molecule has 4 nitrogen and oxygen atoms in total. The van der Waals surface area contributed by atoms with Gasteiger partial charge in [0.2, 0.25) is 0 Å². The fourth-order valence-corrected chi connectivity index (χ4v) is 3.26. The van der Waals surface area contributed by atoms with Crippen LogP contribution in [-0.2, 0) is 6.42 Å². The van der Waals surface area contributed by atoms with Gasteiger partial charge in [0, 0.05) is 53.1 Å². The Hall–Kier alpha value is -3.27. The number of benzene rings is 2. The van der Waals surface area contributed by atoms with E-state index in [-0.39, 0.29) is 0 Å². The molecular weight excluding hydrogens is 320 g/mol. The Morgan fingerprint density at radius 1 is 0.885 bits per heavy atom. The molecule has 0 radical (unpaired) electrons. The molecule has 0 saturated heterocycles. The van der Waals surface area contributed by atoms with Gasteiger partial charge in [-0.2, -0.15) is 0 Å². The molecule has 4 aromatic rings. The minimum Gasteiger partial charge on any atom is -0.385 e. The molecule has 0 amide bonds. The Labute approximate surface area is 153 Å². The van der Waals surface area contributed by atoms with Crippen molar-refractivity contribution in [2.24, 2.45) is 0 Å². The van der Waals surface area contributed by atoms with E-state index in [1.807, 2.05) is 12.1 Å². The summed E-state index contributed by atoms with van der Waals surface area (Å²) in [6.07, 6.45) is 6.68. The van der Waals surface area contributed by atoms with Gasteiger partial charge in [0.1, 0.15) is 0 Å². The molecule has 2 aromatic heterocycles. The van der Waals surface area contributed by atoms with Crippen LogP contribution in [0.15, 0.2) is 73.2 Å². The van der Waals surface area contributed by atoms with Gasteiger partial charge in [-0.25, -0.2) is 0 Å². The van der Waals surface area contributed by atoms with E-state index in [9.17, 15) is 0 Å². The lowest BCUT2D eigenvalue weighted by Gasteiger charge is -2.09. The molecule has 2 heterocycles. The highest BCUT2D eigenvalue weighted by Gasteiger charge is 2.05. The van der Waals surface area contributed by atoms with Crippen LogP contribution in [0.3, 0.4) is 0 Å². The molecular formula is C22H22N4. The maximum atomic E-state index is 4.03. The molecule has 0 bridgehead atoms. The molecule has 0 atom stereocenters. The molecule has 0 unspecified atom stereocenters. The van der Waals surface area contributed by atoms with Crippen molar-refractivity contribution in [2.75, 3.05) is 17.2 Å². The maximum absolute atomic E-state index is 4.03. The van der Waals surface area contributed by atoms with Gasteiger partial charge in [-0.3, -0.25) is 4.98 Å². The average Bonchev–Trinajstić information content (AvgIpc) is 3.09. The topological polar surface area (TPSA) is 52.7 Å². The van der Waals surface area contributed by atoms with Crippen LogP contribution in [0.5, 0.6) is 0 Å². The number of rotatable bonds is 6. The normalized spacial score (nSPS) is 10.8. The quantitative estimate of drug-likeness (QED) is 0.447. The monoisotopic (exact) mass is 342 g/mol. The zero-order valence-electron chi connectivity index (χ0n) is 14.8. The van der Waals surface area contributed by atoms with Crippen molar-refractivity contribution in [3.8, 4) is 0 Å². The summed E-state index contributed by atoms with van der Waals surface area (Å²) >= 11 is 0.